The van der Waals surface area contributed by atoms with E-state index in [4.69, 9.17) is 15.0 Å². The van der Waals surface area contributed by atoms with Crippen LogP contribution in [0.3, 0.4) is 0 Å². The first-order valence-corrected chi connectivity index (χ1v) is 21.9. The zero-order valence-electron chi connectivity index (χ0n) is 33.5. The van der Waals surface area contributed by atoms with Crippen molar-refractivity contribution in [2.45, 2.75) is 5.41 Å². The van der Waals surface area contributed by atoms with E-state index in [1.54, 1.807) is 0 Å². The predicted octanol–water partition coefficient (Wildman–Crippen LogP) is 14.9. The zero-order valence-corrected chi connectivity index (χ0v) is 34.3. The fraction of sp³-hybridized carbons (Fsp3) is 0.0172. The number of thiophene rings is 1. The van der Waals surface area contributed by atoms with Crippen molar-refractivity contribution in [3.63, 3.8) is 0 Å². The van der Waals surface area contributed by atoms with Gasteiger partial charge in [0.2, 0.25) is 0 Å². The van der Waals surface area contributed by atoms with Crippen LogP contribution in [0.5, 0.6) is 0 Å². The highest BCUT2D eigenvalue weighted by Crippen LogP contribution is 2.63. The molecule has 0 atom stereocenters. The van der Waals surface area contributed by atoms with Crippen LogP contribution in [-0.4, -0.2) is 15.0 Å². The average molecular weight is 806 g/mol. The Bertz CT molecular complexity index is 3540. The molecule has 2 aliphatic carbocycles. The van der Waals surface area contributed by atoms with Gasteiger partial charge in [0.05, 0.1) is 5.41 Å². The number of aromatic nitrogens is 3. The van der Waals surface area contributed by atoms with Crippen molar-refractivity contribution in [2.24, 2.45) is 0 Å². The molecule has 0 aliphatic heterocycles. The Morgan fingerprint density at radius 1 is 0.274 bits per heavy atom. The lowest BCUT2D eigenvalue weighted by atomic mass is 9.70. The molecule has 1 spiro atoms. The van der Waals surface area contributed by atoms with Gasteiger partial charge in [-0.25, -0.2) is 15.0 Å². The largest absolute Gasteiger partial charge is 0.208 e. The maximum Gasteiger partial charge on any atom is 0.164 e. The van der Waals surface area contributed by atoms with Crippen LogP contribution in [0, 0.1) is 0 Å². The number of fused-ring (bicyclic) bond motifs is 13. The maximum atomic E-state index is 5.32. The molecule has 0 fully saturated rings. The lowest BCUT2D eigenvalue weighted by Gasteiger charge is -2.30. The molecule has 0 saturated carbocycles. The van der Waals surface area contributed by atoms with Crippen LogP contribution in [0.25, 0.3) is 98.8 Å². The first-order valence-electron chi connectivity index (χ1n) is 21.1. The number of hydrogen-bond donors (Lipinski definition) is 0. The lowest BCUT2D eigenvalue weighted by molar-refractivity contribution is 0.794. The number of rotatable bonds is 5. The maximum absolute atomic E-state index is 5.32. The number of hydrogen-bond acceptors (Lipinski definition) is 4. The second-order valence-electron chi connectivity index (χ2n) is 16.3. The highest BCUT2D eigenvalue weighted by Gasteiger charge is 2.51. The Labute approximate surface area is 363 Å². The van der Waals surface area contributed by atoms with Crippen LogP contribution in [0.15, 0.2) is 212 Å². The summed E-state index contributed by atoms with van der Waals surface area (Å²) < 4.78 is 2.60. The van der Waals surface area contributed by atoms with Gasteiger partial charge in [0.25, 0.3) is 0 Å². The molecule has 62 heavy (non-hydrogen) atoms. The third-order valence-corrected chi connectivity index (χ3v) is 14.1. The fourth-order valence-corrected chi connectivity index (χ4v) is 11.4. The monoisotopic (exact) mass is 805 g/mol. The van der Waals surface area contributed by atoms with Gasteiger partial charge < -0.3 is 0 Å². The molecule has 2 aliphatic rings. The normalized spacial score (nSPS) is 13.0. The molecule has 11 aromatic rings. The van der Waals surface area contributed by atoms with Gasteiger partial charge in [0.15, 0.2) is 17.5 Å². The van der Waals surface area contributed by atoms with Crippen LogP contribution in [0.4, 0.5) is 0 Å². The molecule has 0 bridgehead atoms. The minimum Gasteiger partial charge on any atom is -0.208 e. The molecule has 0 N–H and O–H groups in total. The van der Waals surface area contributed by atoms with Gasteiger partial charge in [-0.05, 0) is 97.1 Å². The van der Waals surface area contributed by atoms with Gasteiger partial charge in [-0.1, -0.05) is 182 Å². The van der Waals surface area contributed by atoms with E-state index in [0.29, 0.717) is 17.5 Å². The molecule has 2 heterocycles. The molecule has 0 amide bonds. The zero-order chi connectivity index (χ0) is 40.8. The van der Waals surface area contributed by atoms with Crippen LogP contribution >= 0.6 is 11.3 Å². The van der Waals surface area contributed by atoms with Crippen molar-refractivity contribution < 1.29 is 0 Å². The van der Waals surface area contributed by atoms with Gasteiger partial charge in [-0.2, -0.15) is 0 Å². The van der Waals surface area contributed by atoms with Crippen molar-refractivity contribution in [2.75, 3.05) is 0 Å². The minimum atomic E-state index is -0.434. The molecule has 2 aromatic heterocycles. The van der Waals surface area contributed by atoms with Crippen LogP contribution < -0.4 is 0 Å². The molecule has 13 rings (SSSR count). The van der Waals surface area contributed by atoms with Gasteiger partial charge in [-0.15, -0.1) is 11.3 Å². The third-order valence-electron chi connectivity index (χ3n) is 13.0. The Morgan fingerprint density at radius 3 is 1.50 bits per heavy atom. The fourth-order valence-electron chi connectivity index (χ4n) is 10.3. The topological polar surface area (TPSA) is 38.7 Å². The van der Waals surface area contributed by atoms with E-state index in [0.717, 1.165) is 38.9 Å². The summed E-state index contributed by atoms with van der Waals surface area (Å²) in [5, 5.41) is 2.57. The quantitative estimate of drug-likeness (QED) is 0.174. The molecular formula is C58H35N3S. The van der Waals surface area contributed by atoms with Crippen molar-refractivity contribution in [1.82, 2.24) is 15.0 Å². The van der Waals surface area contributed by atoms with Crippen molar-refractivity contribution in [1.29, 1.82) is 0 Å². The van der Waals surface area contributed by atoms with Gasteiger partial charge in [-0.3, -0.25) is 0 Å². The van der Waals surface area contributed by atoms with Crippen LogP contribution in [0.1, 0.15) is 22.3 Å². The van der Waals surface area contributed by atoms with E-state index >= 15 is 0 Å². The van der Waals surface area contributed by atoms with Gasteiger partial charge >= 0.3 is 0 Å². The molecule has 4 heteroatoms. The second kappa shape index (κ2) is 13.6. The minimum absolute atomic E-state index is 0.434. The van der Waals surface area contributed by atoms with Crippen molar-refractivity contribution >= 4 is 31.5 Å². The summed E-state index contributed by atoms with van der Waals surface area (Å²) in [6.45, 7) is 0. The molecule has 0 radical (unpaired) electrons. The van der Waals surface area contributed by atoms with E-state index in [2.05, 4.69) is 194 Å². The molecule has 288 valence electrons. The highest BCUT2D eigenvalue weighted by atomic mass is 32.1. The SMILES string of the molecule is c1ccc(-c2nc(-c3cccc(-c4ccc5sc6ccccc6c5c4)c3)nc(-c3ccccc3-c3ccc4c(c3)C3(c5ccccc5-c5ccccc53)c3ccccc3-4)n2)cc1. The van der Waals surface area contributed by atoms with Crippen LogP contribution in [0.2, 0.25) is 0 Å². The number of benzene rings is 9. The Kier molecular flexibility index (Phi) is 7.69. The first-order chi connectivity index (χ1) is 30.7. The summed E-state index contributed by atoms with van der Waals surface area (Å²) >= 11 is 1.84. The van der Waals surface area contributed by atoms with E-state index in [-0.39, 0.29) is 0 Å². The number of nitrogens with zero attached hydrogens (tertiary/aromatic N) is 3. The molecule has 9 aromatic carbocycles. The average Bonchev–Trinajstić information content (AvgIpc) is 3.98. The standard InChI is InChI=1S/C58H35N3S/c1-2-15-36(16-3-1)55-59-56(40-18-14-17-37(33-40)38-30-32-54-48(34-38)46-23-9-13-28-53(46)62-54)61-57(60-55)47-24-5-4-19-41(47)39-29-31-45-44-22-8-12-27-51(44)58(52(45)35-39)49-25-10-6-20-42(49)43-21-7-11-26-50(43)58/h1-35H. The Hall–Kier alpha value is -7.79. The van der Waals surface area contributed by atoms with E-state index in [9.17, 15) is 0 Å². The molecular weight excluding hydrogens is 771 g/mol. The van der Waals surface area contributed by atoms with E-state index in [1.807, 2.05) is 29.5 Å². The summed E-state index contributed by atoms with van der Waals surface area (Å²) in [5.41, 5.74) is 17.3. The first kappa shape index (κ1) is 35.0. The molecule has 0 saturated heterocycles. The summed E-state index contributed by atoms with van der Waals surface area (Å²) in [5.74, 6) is 1.91. The van der Waals surface area contributed by atoms with E-state index < -0.39 is 5.41 Å². The summed E-state index contributed by atoms with van der Waals surface area (Å²) in [4.78, 5) is 15.7. The van der Waals surface area contributed by atoms with Crippen LogP contribution in [-0.2, 0) is 5.41 Å². The predicted molar refractivity (Wildman–Crippen MR) is 256 cm³/mol. The highest BCUT2D eigenvalue weighted by molar-refractivity contribution is 7.25. The Morgan fingerprint density at radius 2 is 0.774 bits per heavy atom. The second-order valence-corrected chi connectivity index (χ2v) is 17.3. The lowest BCUT2D eigenvalue weighted by Crippen LogP contribution is -2.25. The van der Waals surface area contributed by atoms with Crippen molar-refractivity contribution in [3.05, 3.63) is 235 Å². The van der Waals surface area contributed by atoms with Gasteiger partial charge in [0.1, 0.15) is 0 Å². The summed E-state index contributed by atoms with van der Waals surface area (Å²) in [6, 6.07) is 76.8. The smallest absolute Gasteiger partial charge is 0.164 e. The van der Waals surface area contributed by atoms with Crippen molar-refractivity contribution in [3.8, 4) is 78.7 Å². The molecule has 3 nitrogen and oxygen atoms in total. The third kappa shape index (κ3) is 5.14. The van der Waals surface area contributed by atoms with E-state index in [1.165, 1.54) is 64.7 Å². The molecule has 0 unspecified atom stereocenters. The van der Waals surface area contributed by atoms with Gasteiger partial charge in [0, 0.05) is 36.9 Å². The summed E-state index contributed by atoms with van der Waals surface area (Å²) in [6.07, 6.45) is 0. The summed E-state index contributed by atoms with van der Waals surface area (Å²) in [7, 11) is 0. The Balaban J connectivity index is 0.978.